The number of fused-ring (bicyclic) bond motifs is 1. The summed E-state index contributed by atoms with van der Waals surface area (Å²) in [7, 11) is -7.04. The molecule has 0 saturated carbocycles. The molecule has 0 fully saturated rings. The quantitative estimate of drug-likeness (QED) is 0.00642. The average Bonchev–Trinajstić information content (AvgIpc) is 0.766. The minimum absolute atomic E-state index is 0.0518. The highest BCUT2D eigenvalue weighted by atomic mass is 32.2. The SMILES string of the molecule is CCC(C)(C)C(=O)OC(OCC(C)(C)C)C(C)(C)C.CCC(C)(C)C(=O)Oc1ccc(O)cc1.CCC(C)c1ccc(COCCOc2ccc(S(=O)(=O)[O-])cc2)cc1.CCC(C)c1ccc(COc2ccc3ccc(Oc4c(F)c(F)c(S(=O)(=O)[O-])c(F)c4F)cc3c2)cc1.COc1cccc([S+](c2cccc(C)c2)c2cccc(OC)c2)c1. The molecule has 0 heterocycles. The van der Waals surface area contributed by atoms with Crippen LogP contribution in [0.2, 0.25) is 0 Å². The van der Waals surface area contributed by atoms with Crippen molar-refractivity contribution in [2.24, 2.45) is 21.7 Å². The van der Waals surface area contributed by atoms with E-state index in [1.165, 1.54) is 79.9 Å². The van der Waals surface area contributed by atoms with E-state index in [9.17, 15) is 53.1 Å². The molecule has 0 amide bonds. The van der Waals surface area contributed by atoms with Gasteiger partial charge in [0.2, 0.25) is 23.7 Å². The van der Waals surface area contributed by atoms with Gasteiger partial charge in [-0.1, -0.05) is 168 Å². The van der Waals surface area contributed by atoms with Gasteiger partial charge in [0.05, 0.1) is 60.7 Å². The fraction of sp³-hybridized carbons (Fsp3) is 0.368. The minimum Gasteiger partial charge on any atom is -0.744 e. The standard InChI is InChI=1S/C27H22F4O5S.C21H21O2S.C19H24O5S.C16H32O3.C12H16O3/c1-3-15(2)17-6-4-16(5-7-17)14-35-20-10-8-18-9-11-21(13-19(18)12-20)36-26-22(28)24(30)27(37(32,33)34)25(31)23(26)29;1-16-7-4-10-19(13-16)24(20-11-5-8-17(14-20)22-2)21-12-6-9-18(15-21)23-3;1-3-15(2)17-6-4-16(5-7-17)14-23-12-13-24-18-8-10-19(11-9-18)25(20,21)22;1-10-16(8,9)12(17)19-13(15(5,6)7)18-11-14(2,3)4;1-4-12(2,3)11(14)15-10-7-5-9(13)6-8-10/h4-13,15H,3,14H2,1-2H3,(H,32,33,34);4-15H,1-3H3;4-11,15H,3,12-14H2,1-2H3,(H,20,21,22);13H,10-11H2,1-9H3;5-8,13H,4H2,1-3H3/q;+1;;;/p-2. The van der Waals surface area contributed by atoms with Crippen molar-refractivity contribution in [1.82, 2.24) is 0 Å². The Balaban J connectivity index is 0.000000241. The predicted octanol–water partition coefficient (Wildman–Crippen LogP) is 23.1. The Kier molecular flexibility index (Phi) is 37.1. The van der Waals surface area contributed by atoms with E-state index in [2.05, 4.69) is 140 Å². The molecule has 18 nitrogen and oxygen atoms in total. The van der Waals surface area contributed by atoms with Gasteiger partial charge in [-0.05, 0) is 225 Å². The lowest BCUT2D eigenvalue weighted by atomic mass is 9.90. The second-order valence-electron chi connectivity index (χ2n) is 32.2. The molecule has 0 spiro atoms. The first kappa shape index (κ1) is 98.8. The number of hydrogen-bond donors (Lipinski definition) is 1. The van der Waals surface area contributed by atoms with Crippen molar-refractivity contribution in [2.75, 3.05) is 34.0 Å². The van der Waals surface area contributed by atoms with E-state index in [1.54, 1.807) is 50.6 Å². The monoisotopic (exact) mass is 1710 g/mol. The van der Waals surface area contributed by atoms with Crippen LogP contribution in [-0.2, 0) is 68.1 Å². The molecule has 1 N–H and O–H groups in total. The molecule has 3 unspecified atom stereocenters. The van der Waals surface area contributed by atoms with Crippen molar-refractivity contribution < 1.29 is 101 Å². The summed E-state index contributed by atoms with van der Waals surface area (Å²) in [5.41, 5.74) is 4.78. The van der Waals surface area contributed by atoms with Crippen molar-refractivity contribution in [3.8, 4) is 46.0 Å². The van der Waals surface area contributed by atoms with E-state index in [0.717, 1.165) is 48.3 Å². The van der Waals surface area contributed by atoms with Gasteiger partial charge >= 0.3 is 11.9 Å². The number of halogens is 4. The lowest BCUT2D eigenvalue weighted by Gasteiger charge is -2.34. The topological polar surface area (TPSA) is 252 Å². The van der Waals surface area contributed by atoms with E-state index in [0.29, 0.717) is 72.9 Å². The van der Waals surface area contributed by atoms with Crippen LogP contribution >= 0.6 is 0 Å². The smallest absolute Gasteiger partial charge is 0.316 e. The molecular formula is C95H113F4O18S3-. The second kappa shape index (κ2) is 45.1. The highest BCUT2D eigenvalue weighted by molar-refractivity contribution is 7.97. The maximum absolute atomic E-state index is 14.3. The Labute approximate surface area is 708 Å². The highest BCUT2D eigenvalue weighted by Crippen LogP contribution is 2.39. The molecule has 10 aromatic carbocycles. The number of carbonyl (C=O) groups excluding carboxylic acids is 2. The first-order chi connectivity index (χ1) is 56.3. The van der Waals surface area contributed by atoms with Gasteiger partial charge in [-0.3, -0.25) is 9.59 Å². The van der Waals surface area contributed by atoms with Crippen molar-refractivity contribution in [3.63, 3.8) is 0 Å². The number of hydrogen-bond acceptors (Lipinski definition) is 18. The Bertz CT molecular complexity index is 5110. The lowest BCUT2D eigenvalue weighted by molar-refractivity contribution is -0.218. The summed E-state index contributed by atoms with van der Waals surface area (Å²) in [5, 5.41) is 10.3. The van der Waals surface area contributed by atoms with Gasteiger partial charge in [0.15, 0.2) is 26.3 Å². The molecule has 10 aromatic rings. The Hall–Kier alpha value is -9.99. The first-order valence-corrected chi connectivity index (χ1v) is 43.4. The maximum Gasteiger partial charge on any atom is 0.316 e. The van der Waals surface area contributed by atoms with E-state index >= 15 is 0 Å². The third-order valence-corrected chi connectivity index (χ3v) is 23.2. The average molecular weight is 1720 g/mol. The predicted molar refractivity (Wildman–Crippen MR) is 458 cm³/mol. The molecule has 0 saturated heterocycles. The van der Waals surface area contributed by atoms with Crippen molar-refractivity contribution >= 4 is 53.8 Å². The molecule has 0 aliphatic heterocycles. The summed E-state index contributed by atoms with van der Waals surface area (Å²) in [6.07, 6.45) is 3.13. The summed E-state index contributed by atoms with van der Waals surface area (Å²) in [4.78, 5) is 25.1. The zero-order chi connectivity index (χ0) is 89.1. The first-order valence-electron chi connectivity index (χ1n) is 39.4. The van der Waals surface area contributed by atoms with E-state index < -0.39 is 71.3 Å². The fourth-order valence-electron chi connectivity index (χ4n) is 10.7. The number of ether oxygens (including phenoxy) is 9. The van der Waals surface area contributed by atoms with Crippen LogP contribution in [0.5, 0.6) is 46.0 Å². The molecular weight excluding hydrogens is 1600 g/mol. The third kappa shape index (κ3) is 30.6. The Morgan fingerprint density at radius 1 is 0.483 bits per heavy atom. The van der Waals surface area contributed by atoms with Gasteiger partial charge in [-0.25, -0.2) is 25.6 Å². The minimum atomic E-state index is -5.81. The van der Waals surface area contributed by atoms with Crippen LogP contribution in [0.25, 0.3) is 10.8 Å². The van der Waals surface area contributed by atoms with Crippen LogP contribution < -0.4 is 28.4 Å². The lowest BCUT2D eigenvalue weighted by Crippen LogP contribution is -2.39. The largest absolute Gasteiger partial charge is 0.744 e. The van der Waals surface area contributed by atoms with Crippen LogP contribution in [-0.4, -0.2) is 83.3 Å². The maximum atomic E-state index is 14.3. The summed E-state index contributed by atoms with van der Waals surface area (Å²) < 4.78 is 172. The normalized spacial score (nSPS) is 12.4. The highest BCUT2D eigenvalue weighted by Gasteiger charge is 2.37. The molecule has 120 heavy (non-hydrogen) atoms. The number of methoxy groups -OCH3 is 2. The summed E-state index contributed by atoms with van der Waals surface area (Å²) >= 11 is 0. The molecule has 0 aromatic heterocycles. The molecule has 0 aliphatic rings. The number of benzene rings is 10. The number of phenolic OH excluding ortho intramolecular Hbond substituents is 1. The number of rotatable bonds is 30. The zero-order valence-corrected chi connectivity index (χ0v) is 74.3. The van der Waals surface area contributed by atoms with Gasteiger partial charge in [0.1, 0.15) is 78.6 Å². The van der Waals surface area contributed by atoms with Crippen LogP contribution in [0, 0.1) is 51.9 Å². The van der Waals surface area contributed by atoms with Gasteiger partial charge in [-0.15, -0.1) is 0 Å². The van der Waals surface area contributed by atoms with Crippen LogP contribution in [0.1, 0.15) is 176 Å². The fourth-order valence-corrected chi connectivity index (χ4v) is 14.0. The number of aryl methyl sites for hydroxylation is 1. The van der Waals surface area contributed by atoms with E-state index in [4.69, 9.17) is 47.7 Å². The van der Waals surface area contributed by atoms with Crippen molar-refractivity contribution in [1.29, 1.82) is 0 Å². The summed E-state index contributed by atoms with van der Waals surface area (Å²) in [6, 6.07) is 62.6. The van der Waals surface area contributed by atoms with E-state index in [1.807, 2.05) is 98.7 Å². The third-order valence-electron chi connectivity index (χ3n) is 19.3. The van der Waals surface area contributed by atoms with Crippen molar-refractivity contribution in [3.05, 3.63) is 257 Å². The number of aromatic hydroxyl groups is 1. The number of esters is 2. The molecule has 3 atom stereocenters. The zero-order valence-electron chi connectivity index (χ0n) is 71.8. The van der Waals surface area contributed by atoms with Gasteiger partial charge in [-0.2, -0.15) is 8.78 Å². The van der Waals surface area contributed by atoms with E-state index in [-0.39, 0.29) is 50.1 Å². The molecule has 648 valence electrons. The molecule has 25 heteroatoms. The summed E-state index contributed by atoms with van der Waals surface area (Å²) in [5.74, 6) is -6.81. The van der Waals surface area contributed by atoms with Crippen LogP contribution in [0.4, 0.5) is 17.6 Å². The molecule has 10 rings (SSSR count). The van der Waals surface area contributed by atoms with Crippen LogP contribution in [0.3, 0.4) is 0 Å². The number of carbonyl (C=O) groups is 2. The van der Waals surface area contributed by atoms with Gasteiger partial charge < -0.3 is 56.8 Å². The Morgan fingerprint density at radius 2 is 0.942 bits per heavy atom. The van der Waals surface area contributed by atoms with Gasteiger partial charge in [0.25, 0.3) is 0 Å². The molecule has 0 bridgehead atoms. The molecule has 0 radical (unpaired) electrons. The van der Waals surface area contributed by atoms with Gasteiger partial charge in [0, 0.05) is 17.5 Å². The van der Waals surface area contributed by atoms with Crippen molar-refractivity contribution in [2.45, 2.75) is 199 Å². The summed E-state index contributed by atoms with van der Waals surface area (Å²) in [6.45, 7) is 36.7. The molecule has 0 aliphatic carbocycles. The Morgan fingerprint density at radius 3 is 1.40 bits per heavy atom. The van der Waals surface area contributed by atoms with Crippen LogP contribution in [0.15, 0.2) is 231 Å². The second-order valence-corrected chi connectivity index (χ2v) is 36.9. The number of phenols is 1.